The molecule has 4 saturated carbocycles. The summed E-state index contributed by atoms with van der Waals surface area (Å²) in [6.45, 7) is 4.40. The van der Waals surface area contributed by atoms with E-state index in [1.54, 1.807) is 16.0 Å². The molecule has 4 bridgehead atoms. The van der Waals surface area contributed by atoms with Gasteiger partial charge < -0.3 is 9.84 Å². The predicted molar refractivity (Wildman–Crippen MR) is 185 cm³/mol. The lowest BCUT2D eigenvalue weighted by Crippen LogP contribution is -2.62. The number of halogens is 1. The number of thiophene rings is 1. The predicted octanol–water partition coefficient (Wildman–Crippen LogP) is 7.33. The number of nitrogens with zero attached hydrogens (tertiary/aromatic N) is 4. The molecule has 0 unspecified atom stereocenters. The first kappa shape index (κ1) is 31.0. The molecule has 1 atom stereocenters. The molecule has 3 heterocycles. The van der Waals surface area contributed by atoms with Crippen molar-refractivity contribution in [3.8, 4) is 16.9 Å². The van der Waals surface area contributed by atoms with Crippen molar-refractivity contribution in [2.75, 3.05) is 13.7 Å². The topological polar surface area (TPSA) is 97.6 Å². The van der Waals surface area contributed by atoms with E-state index < -0.39 is 5.97 Å². The summed E-state index contributed by atoms with van der Waals surface area (Å²) in [7, 11) is 2.34. The standard InChI is InChI=1S/C37H41ClN4O4S/c1-20-10-28(34-33(39-20)30(19-47-34)36(44)45)27-14-25(38)4-7-32(27)46-9-8-42-21(2)40-31-6-5-26(15-29(31)35(42)43)41(3)37-16-22-11-23(17-37)13-24(12-22)18-37/h4,7,10,14,19,22-24,26H,5-6,8-9,11-13,15-18H2,1-3H3,(H,44,45)/t22?,23?,24?,26-,37?/m1/s1. The Bertz CT molecular complexity index is 1930. The highest BCUT2D eigenvalue weighted by molar-refractivity contribution is 7.18. The fourth-order valence-corrected chi connectivity index (χ4v) is 11.0. The third-order valence-electron chi connectivity index (χ3n) is 11.7. The average molecular weight is 673 g/mol. The molecule has 0 saturated heterocycles. The summed E-state index contributed by atoms with van der Waals surface area (Å²) in [5.41, 5.74) is 5.13. The number of aryl methyl sites for hydroxylation is 3. The van der Waals surface area contributed by atoms with E-state index in [2.05, 4.69) is 16.9 Å². The van der Waals surface area contributed by atoms with Crippen LogP contribution in [0.4, 0.5) is 0 Å². The molecular formula is C37H41ClN4O4S. The van der Waals surface area contributed by atoms with Crippen LogP contribution in [0.5, 0.6) is 5.75 Å². The first-order valence-corrected chi connectivity index (χ1v) is 18.2. The number of aromatic nitrogens is 3. The normalized spacial score (nSPS) is 26.2. The van der Waals surface area contributed by atoms with E-state index in [-0.39, 0.29) is 17.7 Å². The lowest BCUT2D eigenvalue weighted by atomic mass is 9.52. The molecule has 4 fully saturated rings. The number of rotatable bonds is 8. The lowest BCUT2D eigenvalue weighted by molar-refractivity contribution is -0.0952. The van der Waals surface area contributed by atoms with Gasteiger partial charge in [-0.05, 0) is 121 Å². The third kappa shape index (κ3) is 5.39. The highest BCUT2D eigenvalue weighted by Gasteiger charge is 2.54. The molecule has 1 N–H and O–H groups in total. The molecule has 1 aromatic carbocycles. The molecule has 246 valence electrons. The number of benzene rings is 1. The summed E-state index contributed by atoms with van der Waals surface area (Å²) < 4.78 is 8.89. The van der Waals surface area contributed by atoms with E-state index >= 15 is 0 Å². The SMILES string of the molecule is Cc1cc(-c2cc(Cl)ccc2OCCn2c(C)nc3c(c2=O)C[C@H](N(C)C24CC5CC(CC(C5)C2)C4)CC3)c2scc(C(=O)O)c2n1. The zero-order valence-electron chi connectivity index (χ0n) is 27.2. The summed E-state index contributed by atoms with van der Waals surface area (Å²) in [6.07, 6.45) is 11.0. The van der Waals surface area contributed by atoms with Gasteiger partial charge in [0, 0.05) is 44.4 Å². The van der Waals surface area contributed by atoms with Crippen molar-refractivity contribution in [1.82, 2.24) is 19.4 Å². The Morgan fingerprint density at radius 2 is 1.83 bits per heavy atom. The lowest BCUT2D eigenvalue weighted by Gasteiger charge is -2.61. The highest BCUT2D eigenvalue weighted by Crippen LogP contribution is 2.58. The van der Waals surface area contributed by atoms with Crippen molar-refractivity contribution in [1.29, 1.82) is 0 Å². The van der Waals surface area contributed by atoms with Gasteiger partial charge in [-0.25, -0.2) is 9.78 Å². The number of pyridine rings is 1. The van der Waals surface area contributed by atoms with Gasteiger partial charge in [-0.2, -0.15) is 0 Å². The second-order valence-electron chi connectivity index (χ2n) is 14.6. The monoisotopic (exact) mass is 672 g/mol. The van der Waals surface area contributed by atoms with Crippen LogP contribution < -0.4 is 10.3 Å². The molecule has 0 aliphatic heterocycles. The zero-order valence-corrected chi connectivity index (χ0v) is 28.8. The Morgan fingerprint density at radius 3 is 2.53 bits per heavy atom. The number of hydrogen-bond acceptors (Lipinski definition) is 7. The summed E-state index contributed by atoms with van der Waals surface area (Å²) >= 11 is 7.80. The molecular weight excluding hydrogens is 632 g/mol. The van der Waals surface area contributed by atoms with Crippen LogP contribution in [0.15, 0.2) is 34.4 Å². The van der Waals surface area contributed by atoms with Gasteiger partial charge in [0.2, 0.25) is 0 Å². The van der Waals surface area contributed by atoms with E-state index in [0.717, 1.165) is 64.1 Å². The van der Waals surface area contributed by atoms with Crippen LogP contribution in [0.25, 0.3) is 21.3 Å². The van der Waals surface area contributed by atoms with E-state index in [0.29, 0.717) is 45.9 Å². The Morgan fingerprint density at radius 1 is 1.11 bits per heavy atom. The minimum absolute atomic E-state index is 0.0577. The molecule has 0 spiro atoms. The second-order valence-corrected chi connectivity index (χ2v) is 15.9. The van der Waals surface area contributed by atoms with Gasteiger partial charge in [0.25, 0.3) is 5.56 Å². The molecule has 5 aliphatic rings. The van der Waals surface area contributed by atoms with Crippen LogP contribution in [-0.4, -0.2) is 55.7 Å². The molecule has 0 amide bonds. The van der Waals surface area contributed by atoms with Crippen molar-refractivity contribution >= 4 is 39.1 Å². The number of carbonyl (C=O) groups is 1. The van der Waals surface area contributed by atoms with E-state index in [1.165, 1.54) is 49.9 Å². The average Bonchev–Trinajstić information content (AvgIpc) is 3.46. The van der Waals surface area contributed by atoms with Crippen LogP contribution >= 0.6 is 22.9 Å². The van der Waals surface area contributed by atoms with Gasteiger partial charge in [0.15, 0.2) is 0 Å². The van der Waals surface area contributed by atoms with Gasteiger partial charge in [-0.3, -0.25) is 19.2 Å². The van der Waals surface area contributed by atoms with Gasteiger partial charge >= 0.3 is 5.97 Å². The summed E-state index contributed by atoms with van der Waals surface area (Å²) in [6, 6.07) is 7.75. The van der Waals surface area contributed by atoms with E-state index in [9.17, 15) is 14.7 Å². The number of hydrogen-bond donors (Lipinski definition) is 1. The maximum Gasteiger partial charge on any atom is 0.338 e. The van der Waals surface area contributed by atoms with Crippen molar-refractivity contribution in [2.24, 2.45) is 17.8 Å². The van der Waals surface area contributed by atoms with Gasteiger partial charge in [0.05, 0.1) is 28.0 Å². The number of carboxylic acid groups (broad SMARTS) is 1. The quantitative estimate of drug-likeness (QED) is 0.209. The molecule has 47 heavy (non-hydrogen) atoms. The number of likely N-dealkylation sites (N-methyl/N-ethyl adjacent to an activating group) is 1. The van der Waals surface area contributed by atoms with Crippen LogP contribution in [0.3, 0.4) is 0 Å². The Balaban J connectivity index is 1.03. The van der Waals surface area contributed by atoms with Crippen molar-refractivity contribution in [3.05, 3.63) is 73.4 Å². The van der Waals surface area contributed by atoms with Crippen LogP contribution in [0.2, 0.25) is 5.02 Å². The molecule has 9 rings (SSSR count). The first-order valence-electron chi connectivity index (χ1n) is 17.0. The maximum atomic E-state index is 14.0. The van der Waals surface area contributed by atoms with Crippen molar-refractivity contribution in [2.45, 2.75) is 89.8 Å². The molecule has 0 radical (unpaired) electrons. The molecule has 10 heteroatoms. The highest BCUT2D eigenvalue weighted by atomic mass is 35.5. The van der Waals surface area contributed by atoms with E-state index in [1.807, 2.05) is 32.0 Å². The number of carboxylic acids is 1. The van der Waals surface area contributed by atoms with E-state index in [4.69, 9.17) is 21.3 Å². The zero-order chi connectivity index (χ0) is 32.6. The first-order chi connectivity index (χ1) is 22.6. The number of aromatic carboxylic acids is 1. The summed E-state index contributed by atoms with van der Waals surface area (Å²) in [5, 5.41) is 11.9. The summed E-state index contributed by atoms with van der Waals surface area (Å²) in [4.78, 5) is 38.1. The number of fused-ring (bicyclic) bond motifs is 2. The fourth-order valence-electron chi connectivity index (χ4n) is 9.86. The van der Waals surface area contributed by atoms with Crippen molar-refractivity contribution < 1.29 is 14.6 Å². The van der Waals surface area contributed by atoms with Gasteiger partial charge in [-0.15, -0.1) is 11.3 Å². The maximum absolute atomic E-state index is 14.0. The Hall–Kier alpha value is -3.27. The smallest absolute Gasteiger partial charge is 0.338 e. The van der Waals surface area contributed by atoms with Crippen molar-refractivity contribution in [3.63, 3.8) is 0 Å². The molecule has 4 aromatic rings. The molecule has 3 aromatic heterocycles. The minimum Gasteiger partial charge on any atom is -0.491 e. The largest absolute Gasteiger partial charge is 0.491 e. The van der Waals surface area contributed by atoms with Crippen LogP contribution in [-0.2, 0) is 19.4 Å². The number of ether oxygens (including phenoxy) is 1. The van der Waals surface area contributed by atoms with Gasteiger partial charge in [-0.1, -0.05) is 11.6 Å². The minimum atomic E-state index is -1.01. The van der Waals surface area contributed by atoms with Crippen LogP contribution in [0, 0.1) is 31.6 Å². The Kier molecular flexibility index (Phi) is 7.73. The molecule has 8 nitrogen and oxygen atoms in total. The second kappa shape index (κ2) is 11.7. The van der Waals surface area contributed by atoms with Crippen LogP contribution in [0.1, 0.15) is 78.1 Å². The fraction of sp³-hybridized carbons (Fsp3) is 0.514. The van der Waals surface area contributed by atoms with Gasteiger partial charge in [0.1, 0.15) is 18.2 Å². The third-order valence-corrected chi connectivity index (χ3v) is 12.9. The summed E-state index contributed by atoms with van der Waals surface area (Å²) in [5.74, 6) is 3.00. The Labute approximate surface area is 283 Å². The molecule has 5 aliphatic carbocycles.